The largest absolute Gasteiger partial charge is 0.303 e. The second kappa shape index (κ2) is 5.61. The maximum atomic E-state index is 12.0. The first-order valence-corrected chi connectivity index (χ1v) is 5.68. The number of Topliss-reactive ketones (excluding diaryl/α,β-unsaturated/α-hetero) is 1. The molecule has 0 saturated carbocycles. The fourth-order valence-electron chi connectivity index (χ4n) is 1.41. The number of nitrogens with one attached hydrogen (secondary N) is 1. The first kappa shape index (κ1) is 14.6. The van der Waals surface area contributed by atoms with E-state index in [2.05, 4.69) is 37.9 Å². The molecule has 0 aromatic carbocycles. The summed E-state index contributed by atoms with van der Waals surface area (Å²) in [6.45, 7) is 12.7. The summed E-state index contributed by atoms with van der Waals surface area (Å²) in [5.74, 6) is 0.243. The van der Waals surface area contributed by atoms with Crippen molar-refractivity contribution in [2.75, 3.05) is 13.6 Å². The predicted octanol–water partition coefficient (Wildman–Crippen LogP) is 1.67. The van der Waals surface area contributed by atoms with Gasteiger partial charge in [0.25, 0.3) is 0 Å². The molecule has 0 atom stereocenters. The highest BCUT2D eigenvalue weighted by atomic mass is 16.1. The van der Waals surface area contributed by atoms with Crippen molar-refractivity contribution < 1.29 is 4.79 Å². The Morgan fingerprint density at radius 1 is 1.27 bits per heavy atom. The standard InChI is InChI=1S/C12H26N2O/c1-9(2)13-12(5,6)11(15)8-14(7)10(3)4/h9-10,13H,8H2,1-7H3. The fraction of sp³-hybridized carbons (Fsp3) is 0.917. The van der Waals surface area contributed by atoms with Crippen LogP contribution in [0, 0.1) is 0 Å². The number of nitrogens with zero attached hydrogens (tertiary/aromatic N) is 1. The summed E-state index contributed by atoms with van der Waals surface area (Å²) in [5.41, 5.74) is -0.433. The Morgan fingerprint density at radius 2 is 1.73 bits per heavy atom. The van der Waals surface area contributed by atoms with E-state index in [1.807, 2.05) is 20.9 Å². The lowest BCUT2D eigenvalue weighted by molar-refractivity contribution is -0.125. The number of likely N-dealkylation sites (N-methyl/N-ethyl adjacent to an activating group) is 1. The van der Waals surface area contributed by atoms with Gasteiger partial charge in [-0.15, -0.1) is 0 Å². The zero-order chi connectivity index (χ0) is 12.2. The first-order chi connectivity index (χ1) is 6.66. The Labute approximate surface area is 94.2 Å². The summed E-state index contributed by atoms with van der Waals surface area (Å²) in [5, 5.41) is 3.29. The van der Waals surface area contributed by atoms with Gasteiger partial charge in [-0.05, 0) is 48.6 Å². The summed E-state index contributed by atoms with van der Waals surface area (Å²) >= 11 is 0. The van der Waals surface area contributed by atoms with Crippen LogP contribution in [0.5, 0.6) is 0 Å². The van der Waals surface area contributed by atoms with Crippen LogP contribution < -0.4 is 5.32 Å². The van der Waals surface area contributed by atoms with Gasteiger partial charge in [0.05, 0.1) is 12.1 Å². The maximum absolute atomic E-state index is 12.0. The van der Waals surface area contributed by atoms with Crippen LogP contribution in [0.15, 0.2) is 0 Å². The molecular formula is C12H26N2O. The molecule has 15 heavy (non-hydrogen) atoms. The monoisotopic (exact) mass is 214 g/mol. The number of rotatable bonds is 6. The molecule has 0 fully saturated rings. The van der Waals surface area contributed by atoms with Crippen LogP contribution in [-0.2, 0) is 4.79 Å². The zero-order valence-electron chi connectivity index (χ0n) is 11.2. The van der Waals surface area contributed by atoms with Crippen LogP contribution in [-0.4, -0.2) is 41.9 Å². The van der Waals surface area contributed by atoms with Crippen LogP contribution >= 0.6 is 0 Å². The number of carbonyl (C=O) groups excluding carboxylic acids is 1. The van der Waals surface area contributed by atoms with E-state index in [9.17, 15) is 4.79 Å². The zero-order valence-corrected chi connectivity index (χ0v) is 11.2. The molecule has 0 bridgehead atoms. The van der Waals surface area contributed by atoms with Crippen molar-refractivity contribution >= 4 is 5.78 Å². The molecule has 0 saturated heterocycles. The molecule has 0 unspecified atom stereocenters. The first-order valence-electron chi connectivity index (χ1n) is 5.68. The highest BCUT2D eigenvalue weighted by Gasteiger charge is 2.28. The van der Waals surface area contributed by atoms with Gasteiger partial charge in [0.2, 0.25) is 0 Å². The SMILES string of the molecule is CC(C)NC(C)(C)C(=O)CN(C)C(C)C. The number of ketones is 1. The third-order valence-electron chi connectivity index (χ3n) is 2.62. The fourth-order valence-corrected chi connectivity index (χ4v) is 1.41. The van der Waals surface area contributed by atoms with E-state index < -0.39 is 5.54 Å². The van der Waals surface area contributed by atoms with Gasteiger partial charge in [-0.3, -0.25) is 9.69 Å². The Kier molecular flexibility index (Phi) is 5.46. The predicted molar refractivity (Wildman–Crippen MR) is 65.1 cm³/mol. The van der Waals surface area contributed by atoms with Crippen LogP contribution in [0.2, 0.25) is 0 Å². The molecule has 3 heteroatoms. The smallest absolute Gasteiger partial charge is 0.166 e. The average Bonchev–Trinajstić information content (AvgIpc) is 2.01. The second-order valence-electron chi connectivity index (χ2n) is 5.36. The van der Waals surface area contributed by atoms with Gasteiger partial charge in [-0.2, -0.15) is 0 Å². The number of hydrogen-bond donors (Lipinski definition) is 1. The van der Waals surface area contributed by atoms with Crippen molar-refractivity contribution in [1.29, 1.82) is 0 Å². The molecule has 0 spiro atoms. The quantitative estimate of drug-likeness (QED) is 0.730. The Balaban J connectivity index is 4.31. The van der Waals surface area contributed by atoms with Gasteiger partial charge >= 0.3 is 0 Å². The van der Waals surface area contributed by atoms with E-state index in [4.69, 9.17) is 0 Å². The second-order valence-corrected chi connectivity index (χ2v) is 5.36. The van der Waals surface area contributed by atoms with Gasteiger partial charge in [0.1, 0.15) is 0 Å². The van der Waals surface area contributed by atoms with Crippen molar-refractivity contribution in [2.24, 2.45) is 0 Å². The number of hydrogen-bond acceptors (Lipinski definition) is 3. The molecule has 0 heterocycles. The van der Waals surface area contributed by atoms with Crippen molar-refractivity contribution in [1.82, 2.24) is 10.2 Å². The lowest BCUT2D eigenvalue weighted by Gasteiger charge is -2.30. The van der Waals surface area contributed by atoms with Crippen LogP contribution in [0.3, 0.4) is 0 Å². The van der Waals surface area contributed by atoms with Crippen LogP contribution in [0.1, 0.15) is 41.5 Å². The molecule has 90 valence electrons. The lowest BCUT2D eigenvalue weighted by Crippen LogP contribution is -2.53. The molecule has 0 aliphatic carbocycles. The summed E-state index contributed by atoms with van der Waals surface area (Å²) in [7, 11) is 1.98. The van der Waals surface area contributed by atoms with Gasteiger partial charge in [-0.1, -0.05) is 0 Å². The van der Waals surface area contributed by atoms with Crippen molar-refractivity contribution in [2.45, 2.75) is 59.2 Å². The molecular weight excluding hydrogens is 188 g/mol. The van der Waals surface area contributed by atoms with E-state index in [1.54, 1.807) is 0 Å². The van der Waals surface area contributed by atoms with Crippen molar-refractivity contribution in [3.8, 4) is 0 Å². The maximum Gasteiger partial charge on any atom is 0.166 e. The summed E-state index contributed by atoms with van der Waals surface area (Å²) < 4.78 is 0. The van der Waals surface area contributed by atoms with Gasteiger partial charge in [0.15, 0.2) is 5.78 Å². The Morgan fingerprint density at radius 3 is 2.07 bits per heavy atom. The lowest BCUT2D eigenvalue weighted by atomic mass is 9.97. The third kappa shape index (κ3) is 5.28. The highest BCUT2D eigenvalue weighted by molar-refractivity contribution is 5.89. The summed E-state index contributed by atoms with van der Waals surface area (Å²) in [6.07, 6.45) is 0. The van der Waals surface area contributed by atoms with Crippen molar-refractivity contribution in [3.05, 3.63) is 0 Å². The third-order valence-corrected chi connectivity index (χ3v) is 2.62. The molecule has 3 nitrogen and oxygen atoms in total. The van der Waals surface area contributed by atoms with Gasteiger partial charge in [-0.25, -0.2) is 0 Å². The molecule has 0 radical (unpaired) electrons. The normalized spacial score (nSPS) is 12.9. The van der Waals surface area contributed by atoms with Gasteiger partial charge in [0, 0.05) is 12.1 Å². The average molecular weight is 214 g/mol. The highest BCUT2D eigenvalue weighted by Crippen LogP contribution is 2.07. The van der Waals surface area contributed by atoms with E-state index in [1.165, 1.54) is 0 Å². The molecule has 0 aromatic rings. The van der Waals surface area contributed by atoms with Crippen molar-refractivity contribution in [3.63, 3.8) is 0 Å². The van der Waals surface area contributed by atoms with E-state index in [-0.39, 0.29) is 5.78 Å². The Hall–Kier alpha value is -0.410. The minimum absolute atomic E-state index is 0.243. The van der Waals surface area contributed by atoms with E-state index in [0.717, 1.165) is 0 Å². The van der Waals surface area contributed by atoms with E-state index in [0.29, 0.717) is 18.6 Å². The Bertz CT molecular complexity index is 210. The molecule has 0 rings (SSSR count). The molecule has 0 aliphatic rings. The molecule has 0 aromatic heterocycles. The topological polar surface area (TPSA) is 32.3 Å². The summed E-state index contributed by atoms with van der Waals surface area (Å²) in [4.78, 5) is 14.1. The van der Waals surface area contributed by atoms with E-state index >= 15 is 0 Å². The van der Waals surface area contributed by atoms with Gasteiger partial charge < -0.3 is 5.32 Å². The van der Waals surface area contributed by atoms with Crippen LogP contribution in [0.4, 0.5) is 0 Å². The minimum atomic E-state index is -0.433. The number of carbonyl (C=O) groups is 1. The molecule has 0 amide bonds. The minimum Gasteiger partial charge on any atom is -0.303 e. The van der Waals surface area contributed by atoms with Crippen LogP contribution in [0.25, 0.3) is 0 Å². The summed E-state index contributed by atoms with van der Waals surface area (Å²) in [6, 6.07) is 0.733. The molecule has 0 aliphatic heterocycles. The molecule has 1 N–H and O–H groups in total.